The van der Waals surface area contributed by atoms with Crippen molar-refractivity contribution in [2.45, 2.75) is 167 Å². The zero-order chi connectivity index (χ0) is 87.9. The minimum Gasteiger partial charge on any atom is -0.493 e. The third-order valence-electron chi connectivity index (χ3n) is 20.8. The first-order valence-corrected chi connectivity index (χ1v) is 43.7. The number of carboxylic acid groups (broad SMARTS) is 4. The van der Waals surface area contributed by atoms with E-state index in [9.17, 15) is 23.6 Å². The summed E-state index contributed by atoms with van der Waals surface area (Å²) >= 11 is 18.8. The number of aromatic nitrogens is 12. The van der Waals surface area contributed by atoms with Gasteiger partial charge in [-0.2, -0.15) is 40.8 Å². The van der Waals surface area contributed by atoms with Gasteiger partial charge in [0.05, 0.1) is 121 Å². The number of nitrogens with zero attached hydrogens (tertiary/aromatic N) is 12. The van der Waals surface area contributed by atoms with Crippen LogP contribution in [0, 0.1) is 5.82 Å². The summed E-state index contributed by atoms with van der Waals surface area (Å²) in [5.41, 5.74) is 14.5. The van der Waals surface area contributed by atoms with Crippen LogP contribution in [0.3, 0.4) is 0 Å². The predicted molar refractivity (Wildman–Crippen MR) is 470 cm³/mol. The summed E-state index contributed by atoms with van der Waals surface area (Å²) in [6, 6.07) is 50.1. The molecule has 16 rings (SSSR count). The highest BCUT2D eigenvalue weighted by atomic mass is 35.5. The Bertz CT molecular complexity index is 5540. The molecule has 4 aromatic heterocycles. The van der Waals surface area contributed by atoms with E-state index in [2.05, 4.69) is 40.8 Å². The molecule has 660 valence electrons. The van der Waals surface area contributed by atoms with Crippen molar-refractivity contribution in [1.29, 1.82) is 0 Å². The molecule has 0 aliphatic heterocycles. The lowest BCUT2D eigenvalue weighted by molar-refractivity contribution is -0.138. The smallest absolute Gasteiger partial charge is 0.307 e. The van der Waals surface area contributed by atoms with Gasteiger partial charge < -0.3 is 58.3 Å². The van der Waals surface area contributed by atoms with Gasteiger partial charge in [-0.25, -0.2) is 4.39 Å². The Hall–Kier alpha value is -12.6. The third kappa shape index (κ3) is 27.2. The number of aliphatic carboxylic acids is 4. The number of fused-ring (bicyclic) bond motifs is 4. The molecule has 4 aliphatic rings. The number of hydrogen-bond donors (Lipinski definition) is 4. The lowest BCUT2D eigenvalue weighted by Crippen LogP contribution is -2.08. The molecule has 0 radical (unpaired) electrons. The lowest BCUT2D eigenvalue weighted by Gasteiger charge is -2.12. The van der Waals surface area contributed by atoms with Gasteiger partial charge in [0.15, 0.2) is 0 Å². The van der Waals surface area contributed by atoms with E-state index in [1.807, 2.05) is 72.8 Å². The van der Waals surface area contributed by atoms with Gasteiger partial charge in [-0.15, -0.1) is 19.2 Å². The standard InChI is InChI=1S/C24H25Cl2N3O4.C24H26ClN3O4.C23H24FN3O4.C23H25N3O4/c25-17-8-10-23(21(15-17)29-27-19-4-1-2-5-20(19)28-29)33-13-3-12-32-22-9-6-16(14-18(22)26)7-11-24(30)31;25-18-16-17(11-13-24(29)30)10-12-22(18)31-14-5-15-32-23-9-4-3-8-21(23)28-26-19-6-1-2-7-20(19)27-28;24-17-8-11-22(21(15-17)27-25-19-4-1-2-5-20(19)26-27)31-13-3-12-30-18-9-6-16(7-10-18)14-23(28)29;27-23(28)16-17-10-12-18(13-11-17)29-14-5-15-30-22-9-4-3-8-21(22)26-24-19-6-1-2-7-20(19)25-26/h6,8-10,14-15H,1-5,7,11-13H2,(H,30,31);3-4,8-10,12,16H,1-2,5-7,11,13-15H2,(H,29,30);6-11,15H,1-5,12-14H2,(H,28,29);3-4,8-13H,1-2,5-7,14-16H2,(H,27,28). The highest BCUT2D eigenvalue weighted by Gasteiger charge is 2.24. The molecular weight excluding hydrogens is 1680 g/mol. The van der Waals surface area contributed by atoms with Crippen LogP contribution < -0.4 is 37.9 Å². The fourth-order valence-electron chi connectivity index (χ4n) is 14.4. The van der Waals surface area contributed by atoms with Crippen LogP contribution in [0.2, 0.25) is 15.1 Å². The van der Waals surface area contributed by atoms with Gasteiger partial charge >= 0.3 is 23.9 Å². The topological polar surface area (TPSA) is 346 Å². The maximum Gasteiger partial charge on any atom is 0.307 e. The molecule has 32 heteroatoms. The van der Waals surface area contributed by atoms with Crippen LogP contribution in [-0.2, 0) is 96.2 Å². The van der Waals surface area contributed by atoms with Crippen molar-refractivity contribution in [3.8, 4) is 68.7 Å². The molecule has 8 aromatic carbocycles. The summed E-state index contributed by atoms with van der Waals surface area (Å²) in [5.74, 6) is 1.47. The number of aryl methyl sites for hydroxylation is 10. The van der Waals surface area contributed by atoms with Crippen molar-refractivity contribution < 1.29 is 81.9 Å². The van der Waals surface area contributed by atoms with E-state index in [1.54, 1.807) is 99.3 Å². The highest BCUT2D eigenvalue weighted by molar-refractivity contribution is 6.32. The molecule has 4 aliphatic carbocycles. The number of carbonyl (C=O) groups is 4. The van der Waals surface area contributed by atoms with E-state index in [-0.39, 0.29) is 31.5 Å². The van der Waals surface area contributed by atoms with Gasteiger partial charge in [0.2, 0.25) is 0 Å². The molecule has 0 spiro atoms. The first kappa shape index (κ1) is 91.1. The quantitative estimate of drug-likeness (QED) is 0.0261. The highest BCUT2D eigenvalue weighted by Crippen LogP contribution is 2.34. The fourth-order valence-corrected chi connectivity index (χ4v) is 15.1. The summed E-state index contributed by atoms with van der Waals surface area (Å²) in [7, 11) is 0. The summed E-state index contributed by atoms with van der Waals surface area (Å²) < 4.78 is 60.6. The Labute approximate surface area is 743 Å². The van der Waals surface area contributed by atoms with Gasteiger partial charge in [0, 0.05) is 49.6 Å². The molecule has 28 nitrogen and oxygen atoms in total. The maximum absolute atomic E-state index is 13.9. The second kappa shape index (κ2) is 46.4. The molecule has 0 bridgehead atoms. The summed E-state index contributed by atoms with van der Waals surface area (Å²) in [6.45, 7) is 3.62. The molecule has 12 aromatic rings. The molecule has 0 amide bonds. The van der Waals surface area contributed by atoms with Crippen molar-refractivity contribution in [2.24, 2.45) is 0 Å². The zero-order valence-electron chi connectivity index (χ0n) is 69.8. The second-order valence-electron chi connectivity index (χ2n) is 30.5. The van der Waals surface area contributed by atoms with Crippen LogP contribution in [0.25, 0.3) is 22.7 Å². The molecule has 0 saturated heterocycles. The number of ether oxygens (including phenoxy) is 8. The fraction of sp³-hybridized carbons (Fsp3) is 0.362. The van der Waals surface area contributed by atoms with Crippen LogP contribution in [0.1, 0.15) is 158 Å². The Morgan fingerprint density at radius 1 is 0.302 bits per heavy atom. The molecule has 0 unspecified atom stereocenters. The average Bonchev–Trinajstić information content (AvgIpc) is 1.68. The third-order valence-corrected chi connectivity index (χ3v) is 21.7. The van der Waals surface area contributed by atoms with Gasteiger partial charge in [-0.3, -0.25) is 19.2 Å². The van der Waals surface area contributed by atoms with Gasteiger partial charge in [0.25, 0.3) is 0 Å². The SMILES string of the molecule is O=C(O)CCc1ccc(OCCCOc2ccc(Cl)cc2-n2nc3c(n2)CCCC3)c(Cl)c1.O=C(O)CCc1ccc(OCCCOc2ccccc2-n2nc3c(n2)CCCC3)c(Cl)c1.O=C(O)Cc1ccc(OCCCOc2ccc(F)cc2-n2nc3c(n2)CCCC3)cc1.O=C(O)Cc1ccc(OCCCOc2ccccc2-n2nc3c(n2)CCCC3)cc1. The molecule has 126 heavy (non-hydrogen) atoms. The zero-order valence-corrected chi connectivity index (χ0v) is 72.0. The van der Waals surface area contributed by atoms with E-state index in [4.69, 9.17) is 93.1 Å². The van der Waals surface area contributed by atoms with Crippen LogP contribution in [0.4, 0.5) is 4.39 Å². The Balaban J connectivity index is 0.000000144. The van der Waals surface area contributed by atoms with Crippen molar-refractivity contribution in [3.63, 3.8) is 0 Å². The Morgan fingerprint density at radius 2 is 0.579 bits per heavy atom. The Kier molecular flexibility index (Phi) is 33.5. The van der Waals surface area contributed by atoms with E-state index in [0.717, 1.165) is 179 Å². The number of rotatable bonds is 38. The molecule has 4 heterocycles. The largest absolute Gasteiger partial charge is 0.493 e. The van der Waals surface area contributed by atoms with Gasteiger partial charge in [-0.05, 0) is 241 Å². The predicted octanol–water partition coefficient (Wildman–Crippen LogP) is 17.4. The summed E-state index contributed by atoms with van der Waals surface area (Å²) in [4.78, 5) is 49.3. The van der Waals surface area contributed by atoms with Crippen molar-refractivity contribution in [2.75, 3.05) is 52.9 Å². The molecule has 0 fully saturated rings. The van der Waals surface area contributed by atoms with Crippen LogP contribution in [0.5, 0.6) is 46.0 Å². The van der Waals surface area contributed by atoms with Crippen LogP contribution in [-0.4, -0.2) is 157 Å². The summed E-state index contributed by atoms with van der Waals surface area (Å²) in [6.07, 6.45) is 20.5. The Morgan fingerprint density at radius 3 is 0.905 bits per heavy atom. The number of carboxylic acids is 4. The minimum atomic E-state index is -0.864. The summed E-state index contributed by atoms with van der Waals surface area (Å²) in [5, 5.41) is 73.7. The maximum atomic E-state index is 13.9. The van der Waals surface area contributed by atoms with Crippen molar-refractivity contribution in [3.05, 3.63) is 259 Å². The van der Waals surface area contributed by atoms with E-state index < -0.39 is 23.9 Å². The van der Waals surface area contributed by atoms with Crippen molar-refractivity contribution >= 4 is 58.7 Å². The first-order valence-electron chi connectivity index (χ1n) is 42.6. The first-order chi connectivity index (χ1) is 61.4. The van der Waals surface area contributed by atoms with Gasteiger partial charge in [-0.1, -0.05) is 95.5 Å². The van der Waals surface area contributed by atoms with E-state index in [0.29, 0.717) is 141 Å². The number of hydrogen-bond acceptors (Lipinski definition) is 20. The second-order valence-corrected chi connectivity index (χ2v) is 31.7. The monoisotopic (exact) mass is 1780 g/mol. The van der Waals surface area contributed by atoms with Crippen LogP contribution in [0.15, 0.2) is 170 Å². The normalized spacial score (nSPS) is 12.9. The van der Waals surface area contributed by atoms with Crippen LogP contribution >= 0.6 is 34.8 Å². The minimum absolute atomic E-state index is 0.0117. The number of benzene rings is 8. The average molecular weight is 1780 g/mol. The van der Waals surface area contributed by atoms with E-state index >= 15 is 0 Å². The molecule has 0 saturated carbocycles. The molecular formula is C94H100Cl3FN12O16. The molecule has 0 atom stereocenters. The van der Waals surface area contributed by atoms with E-state index in [1.165, 1.54) is 42.6 Å². The number of halogens is 4. The van der Waals surface area contributed by atoms with Gasteiger partial charge in [0.1, 0.15) is 74.6 Å². The lowest BCUT2D eigenvalue weighted by atomic mass is 10.0. The van der Waals surface area contributed by atoms with Crippen molar-refractivity contribution in [1.82, 2.24) is 60.0 Å². The molecule has 4 N–H and O–H groups in total. The number of para-hydroxylation sites is 4.